The van der Waals surface area contributed by atoms with Gasteiger partial charge in [0.05, 0.1) is 17.7 Å². The molecule has 0 aliphatic carbocycles. The third-order valence-electron chi connectivity index (χ3n) is 4.51. The van der Waals surface area contributed by atoms with Gasteiger partial charge in [-0.1, -0.05) is 36.4 Å². The molecule has 1 aliphatic rings. The minimum atomic E-state index is -0.713. The lowest BCUT2D eigenvalue weighted by Crippen LogP contribution is -2.33. The first kappa shape index (κ1) is 16.8. The summed E-state index contributed by atoms with van der Waals surface area (Å²) in [6.45, 7) is -0.205. The number of rotatable bonds is 4. The van der Waals surface area contributed by atoms with Crippen LogP contribution >= 0.6 is 0 Å². The highest BCUT2D eigenvalue weighted by molar-refractivity contribution is 6.21. The summed E-state index contributed by atoms with van der Waals surface area (Å²) in [5.74, 6) is -1.70. The lowest BCUT2D eigenvalue weighted by molar-refractivity contribution is 0.0418. The van der Waals surface area contributed by atoms with Gasteiger partial charge in [-0.15, -0.1) is 0 Å². The molecule has 27 heavy (non-hydrogen) atoms. The highest BCUT2D eigenvalue weighted by atomic mass is 16.5. The van der Waals surface area contributed by atoms with E-state index in [9.17, 15) is 19.5 Å². The lowest BCUT2D eigenvalue weighted by atomic mass is 10.1. The third kappa shape index (κ3) is 2.91. The molecular formula is C21H15NO5. The normalized spacial score (nSPS) is 13.1. The zero-order chi connectivity index (χ0) is 19.0. The van der Waals surface area contributed by atoms with Crippen molar-refractivity contribution < 1.29 is 24.2 Å². The van der Waals surface area contributed by atoms with Crippen molar-refractivity contribution in [2.75, 3.05) is 13.2 Å². The van der Waals surface area contributed by atoms with E-state index in [0.29, 0.717) is 11.1 Å². The Morgan fingerprint density at radius 2 is 1.44 bits per heavy atom. The van der Waals surface area contributed by atoms with Crippen LogP contribution < -0.4 is 0 Å². The number of imide groups is 1. The van der Waals surface area contributed by atoms with Crippen molar-refractivity contribution in [1.29, 1.82) is 0 Å². The van der Waals surface area contributed by atoms with Crippen molar-refractivity contribution in [3.63, 3.8) is 0 Å². The molecule has 0 aromatic heterocycles. The van der Waals surface area contributed by atoms with Gasteiger partial charge in [-0.05, 0) is 35.0 Å². The zero-order valence-corrected chi connectivity index (χ0v) is 14.2. The summed E-state index contributed by atoms with van der Waals surface area (Å²) in [5.41, 5.74) is 0.734. The molecule has 0 saturated carbocycles. The van der Waals surface area contributed by atoms with Gasteiger partial charge in [0.2, 0.25) is 0 Å². The van der Waals surface area contributed by atoms with Gasteiger partial charge in [0.25, 0.3) is 11.8 Å². The third-order valence-corrected chi connectivity index (χ3v) is 4.51. The molecule has 1 aliphatic heterocycles. The van der Waals surface area contributed by atoms with Crippen LogP contribution in [0.5, 0.6) is 5.75 Å². The molecule has 3 aromatic rings. The molecule has 1 N–H and O–H groups in total. The maximum absolute atomic E-state index is 12.3. The van der Waals surface area contributed by atoms with Gasteiger partial charge in [-0.3, -0.25) is 14.5 Å². The topological polar surface area (TPSA) is 83.9 Å². The second-order valence-electron chi connectivity index (χ2n) is 6.16. The summed E-state index contributed by atoms with van der Waals surface area (Å²) in [6, 6.07) is 16.9. The van der Waals surface area contributed by atoms with Gasteiger partial charge in [-0.25, -0.2) is 4.79 Å². The van der Waals surface area contributed by atoms with Crippen molar-refractivity contribution >= 4 is 28.6 Å². The van der Waals surface area contributed by atoms with E-state index in [1.165, 1.54) is 6.07 Å². The molecule has 0 fully saturated rings. The van der Waals surface area contributed by atoms with Crippen molar-refractivity contribution in [2.45, 2.75) is 0 Å². The van der Waals surface area contributed by atoms with Crippen LogP contribution in [-0.2, 0) is 4.74 Å². The Morgan fingerprint density at radius 3 is 2.07 bits per heavy atom. The largest absolute Gasteiger partial charge is 0.507 e. The first-order valence-electron chi connectivity index (χ1n) is 8.40. The van der Waals surface area contributed by atoms with E-state index in [1.807, 2.05) is 24.3 Å². The fourth-order valence-corrected chi connectivity index (χ4v) is 3.14. The van der Waals surface area contributed by atoms with Crippen LogP contribution in [-0.4, -0.2) is 40.9 Å². The Balaban J connectivity index is 1.44. The molecule has 0 saturated heterocycles. The van der Waals surface area contributed by atoms with Crippen LogP contribution in [0.3, 0.4) is 0 Å². The van der Waals surface area contributed by atoms with E-state index in [0.717, 1.165) is 15.7 Å². The number of hydrogen-bond donors (Lipinski definition) is 1. The minimum absolute atomic E-state index is 0.0380. The summed E-state index contributed by atoms with van der Waals surface area (Å²) < 4.78 is 5.17. The number of amides is 2. The lowest BCUT2D eigenvalue weighted by Gasteiger charge is -2.14. The SMILES string of the molecule is O=C(OCCN1C(=O)c2ccccc2C1=O)c1cc2ccccc2cc1O. The smallest absolute Gasteiger partial charge is 0.341 e. The molecule has 0 atom stereocenters. The first-order valence-corrected chi connectivity index (χ1v) is 8.40. The Kier molecular flexibility index (Phi) is 4.08. The van der Waals surface area contributed by atoms with Gasteiger partial charge in [0, 0.05) is 0 Å². The van der Waals surface area contributed by atoms with Crippen LogP contribution in [0.1, 0.15) is 31.1 Å². The van der Waals surface area contributed by atoms with Crippen molar-refractivity contribution in [3.8, 4) is 5.75 Å². The maximum atomic E-state index is 12.3. The van der Waals surface area contributed by atoms with Gasteiger partial charge in [0.1, 0.15) is 17.9 Å². The summed E-state index contributed by atoms with van der Waals surface area (Å²) >= 11 is 0. The number of nitrogens with zero attached hydrogens (tertiary/aromatic N) is 1. The monoisotopic (exact) mass is 361 g/mol. The van der Waals surface area contributed by atoms with E-state index in [1.54, 1.807) is 30.3 Å². The second-order valence-corrected chi connectivity index (χ2v) is 6.16. The van der Waals surface area contributed by atoms with Crippen molar-refractivity contribution in [3.05, 3.63) is 77.4 Å². The Hall–Kier alpha value is -3.67. The average molecular weight is 361 g/mol. The first-order chi connectivity index (χ1) is 13.1. The number of esters is 1. The van der Waals surface area contributed by atoms with Crippen LogP contribution in [0.25, 0.3) is 10.8 Å². The molecule has 0 unspecified atom stereocenters. The highest BCUT2D eigenvalue weighted by Gasteiger charge is 2.34. The number of ether oxygens (including phenoxy) is 1. The Labute approximate surface area is 154 Å². The molecule has 0 radical (unpaired) electrons. The summed E-state index contributed by atoms with van der Waals surface area (Å²) in [4.78, 5) is 37.9. The molecule has 0 bridgehead atoms. The number of phenols is 1. The number of carbonyl (C=O) groups is 3. The Bertz CT molecular complexity index is 1050. The highest BCUT2D eigenvalue weighted by Crippen LogP contribution is 2.26. The number of fused-ring (bicyclic) bond motifs is 2. The van der Waals surface area contributed by atoms with Gasteiger partial charge < -0.3 is 9.84 Å². The van der Waals surface area contributed by atoms with Gasteiger partial charge >= 0.3 is 5.97 Å². The zero-order valence-electron chi connectivity index (χ0n) is 14.2. The summed E-state index contributed by atoms with van der Waals surface area (Å²) in [5, 5.41) is 11.7. The van der Waals surface area contributed by atoms with Crippen molar-refractivity contribution in [1.82, 2.24) is 4.90 Å². The predicted octanol–water partition coefficient (Wildman–Crippen LogP) is 3.00. The van der Waals surface area contributed by atoms with E-state index < -0.39 is 17.8 Å². The van der Waals surface area contributed by atoms with Crippen LogP contribution in [0.15, 0.2) is 60.7 Å². The summed E-state index contributed by atoms with van der Waals surface area (Å²) in [6.07, 6.45) is 0. The molecular weight excluding hydrogens is 346 g/mol. The Morgan fingerprint density at radius 1 is 0.889 bits per heavy atom. The minimum Gasteiger partial charge on any atom is -0.507 e. The number of phenolic OH excluding ortho intramolecular Hbond substituents is 1. The predicted molar refractivity (Wildman–Crippen MR) is 97.7 cm³/mol. The van der Waals surface area contributed by atoms with Crippen LogP contribution in [0, 0.1) is 0 Å². The molecule has 2 amide bonds. The molecule has 134 valence electrons. The van der Waals surface area contributed by atoms with E-state index in [4.69, 9.17) is 4.74 Å². The molecule has 0 spiro atoms. The van der Waals surface area contributed by atoms with Crippen molar-refractivity contribution in [2.24, 2.45) is 0 Å². The van der Waals surface area contributed by atoms with Crippen LogP contribution in [0.4, 0.5) is 0 Å². The van der Waals surface area contributed by atoms with Crippen LogP contribution in [0.2, 0.25) is 0 Å². The number of benzene rings is 3. The van der Waals surface area contributed by atoms with Gasteiger partial charge in [-0.2, -0.15) is 0 Å². The molecule has 6 heteroatoms. The number of carbonyl (C=O) groups excluding carboxylic acids is 3. The number of aromatic hydroxyl groups is 1. The quantitative estimate of drug-likeness (QED) is 0.570. The standard InChI is InChI=1S/C21H15NO5/c23-18-12-14-6-2-1-5-13(14)11-17(18)21(26)27-10-9-22-19(24)15-7-3-4-8-16(15)20(22)25/h1-8,11-12,23H,9-10H2. The summed E-state index contributed by atoms with van der Waals surface area (Å²) in [7, 11) is 0. The number of hydrogen-bond acceptors (Lipinski definition) is 5. The molecule has 3 aromatic carbocycles. The molecule has 4 rings (SSSR count). The molecule has 6 nitrogen and oxygen atoms in total. The fourth-order valence-electron chi connectivity index (χ4n) is 3.14. The molecule has 1 heterocycles. The van der Waals surface area contributed by atoms with E-state index >= 15 is 0 Å². The van der Waals surface area contributed by atoms with E-state index in [2.05, 4.69) is 0 Å². The second kappa shape index (κ2) is 6.57. The average Bonchev–Trinajstić information content (AvgIpc) is 2.92. The van der Waals surface area contributed by atoms with E-state index in [-0.39, 0.29) is 24.5 Å². The van der Waals surface area contributed by atoms with Gasteiger partial charge in [0.15, 0.2) is 0 Å². The maximum Gasteiger partial charge on any atom is 0.341 e. The fraction of sp³-hybridized carbons (Fsp3) is 0.0952.